The van der Waals surface area contributed by atoms with Gasteiger partial charge in [0.1, 0.15) is 5.82 Å². The molecule has 7 heteroatoms. The fraction of sp³-hybridized carbons (Fsp3) is 0.391. The van der Waals surface area contributed by atoms with Crippen LogP contribution in [0.5, 0.6) is 0 Å². The number of carbonyl (C=O) groups is 2. The molecule has 2 heterocycles. The smallest absolute Gasteiger partial charge is 0.241 e. The van der Waals surface area contributed by atoms with E-state index >= 15 is 0 Å². The molecule has 0 spiro atoms. The summed E-state index contributed by atoms with van der Waals surface area (Å²) >= 11 is 0. The van der Waals surface area contributed by atoms with Crippen molar-refractivity contribution in [3.63, 3.8) is 0 Å². The number of nitrogens with zero attached hydrogens (tertiary/aromatic N) is 3. The third-order valence-electron chi connectivity index (χ3n) is 5.78. The van der Waals surface area contributed by atoms with Gasteiger partial charge in [-0.15, -0.1) is 0 Å². The zero-order valence-electron chi connectivity index (χ0n) is 17.2. The molecule has 2 aliphatic heterocycles. The summed E-state index contributed by atoms with van der Waals surface area (Å²) in [6.07, 6.45) is 0.899. The largest absolute Gasteiger partial charge is 0.325 e. The molecular formula is C23H27FN4O2. The molecular weight excluding hydrogens is 383 g/mol. The van der Waals surface area contributed by atoms with Crippen LogP contribution in [-0.2, 0) is 16.0 Å². The zero-order valence-corrected chi connectivity index (χ0v) is 17.2. The van der Waals surface area contributed by atoms with Crippen molar-refractivity contribution >= 4 is 23.2 Å². The molecule has 2 amide bonds. The lowest BCUT2D eigenvalue weighted by atomic mass is 10.1. The summed E-state index contributed by atoms with van der Waals surface area (Å²) in [5, 5.41) is 2.73. The second kappa shape index (κ2) is 8.93. The van der Waals surface area contributed by atoms with Gasteiger partial charge in [-0.3, -0.25) is 19.4 Å². The van der Waals surface area contributed by atoms with Crippen molar-refractivity contribution in [2.24, 2.45) is 0 Å². The van der Waals surface area contributed by atoms with Crippen molar-refractivity contribution in [3.05, 3.63) is 59.9 Å². The van der Waals surface area contributed by atoms with E-state index in [1.165, 1.54) is 17.7 Å². The molecule has 1 saturated heterocycles. The van der Waals surface area contributed by atoms with Crippen LogP contribution < -0.4 is 10.2 Å². The Balaban J connectivity index is 1.25. The Morgan fingerprint density at radius 1 is 1.00 bits per heavy atom. The summed E-state index contributed by atoms with van der Waals surface area (Å²) in [4.78, 5) is 31.3. The van der Waals surface area contributed by atoms with Gasteiger partial charge < -0.3 is 10.2 Å². The topological polar surface area (TPSA) is 55.9 Å². The average molecular weight is 410 g/mol. The molecule has 0 aromatic heterocycles. The first-order valence-electron chi connectivity index (χ1n) is 10.4. The minimum Gasteiger partial charge on any atom is -0.325 e. The van der Waals surface area contributed by atoms with Crippen LogP contribution in [0.3, 0.4) is 0 Å². The molecule has 158 valence electrons. The zero-order chi connectivity index (χ0) is 21.1. The number of nitrogens with one attached hydrogen (secondary N) is 1. The Kier molecular flexibility index (Phi) is 6.11. The van der Waals surface area contributed by atoms with Gasteiger partial charge in [-0.1, -0.05) is 24.3 Å². The van der Waals surface area contributed by atoms with Gasteiger partial charge in [0, 0.05) is 43.6 Å². The first-order chi connectivity index (χ1) is 14.5. The second-order valence-corrected chi connectivity index (χ2v) is 8.06. The van der Waals surface area contributed by atoms with Crippen LogP contribution >= 0.6 is 0 Å². The number of amides is 2. The summed E-state index contributed by atoms with van der Waals surface area (Å²) in [7, 11) is 0. The number of fused-ring (bicyclic) bond motifs is 1. The Bertz CT molecular complexity index is 927. The fourth-order valence-corrected chi connectivity index (χ4v) is 4.29. The lowest BCUT2D eigenvalue weighted by Crippen LogP contribution is -2.52. The Morgan fingerprint density at radius 2 is 1.70 bits per heavy atom. The minimum atomic E-state index is -0.374. The maximum Gasteiger partial charge on any atom is 0.241 e. The van der Waals surface area contributed by atoms with Crippen LogP contribution in [0.1, 0.15) is 12.5 Å². The van der Waals surface area contributed by atoms with Gasteiger partial charge in [0.15, 0.2) is 0 Å². The fourth-order valence-electron chi connectivity index (χ4n) is 4.29. The van der Waals surface area contributed by atoms with Gasteiger partial charge in [-0.25, -0.2) is 4.39 Å². The number of halogens is 1. The summed E-state index contributed by atoms with van der Waals surface area (Å²) in [6, 6.07) is 14.2. The summed E-state index contributed by atoms with van der Waals surface area (Å²) in [5.74, 6) is -0.404. The number of benzene rings is 2. The highest BCUT2D eigenvalue weighted by Gasteiger charge is 2.31. The average Bonchev–Trinajstić information content (AvgIpc) is 3.05. The van der Waals surface area contributed by atoms with Crippen LogP contribution in [-0.4, -0.2) is 66.9 Å². The monoisotopic (exact) mass is 410 g/mol. The van der Waals surface area contributed by atoms with Crippen molar-refractivity contribution < 1.29 is 14.0 Å². The van der Waals surface area contributed by atoms with E-state index in [1.54, 1.807) is 12.1 Å². The quantitative estimate of drug-likeness (QED) is 0.822. The molecule has 1 atom stereocenters. The normalized spacial score (nSPS) is 19.5. The van der Waals surface area contributed by atoms with Gasteiger partial charge in [0.05, 0.1) is 13.1 Å². The number of piperazine rings is 1. The van der Waals surface area contributed by atoms with Crippen molar-refractivity contribution in [1.82, 2.24) is 9.80 Å². The standard InChI is InChI=1S/C23H27FN4O2/c1-17-13-18-5-2-3-8-21(18)28(17)23(30)16-27-11-9-26(10-12-27)15-22(29)25-20-7-4-6-19(24)14-20/h2-8,14,17H,9-13,15-16H2,1H3,(H,25,29)/t17-/m0/s1. The van der Waals surface area contributed by atoms with Crippen LogP contribution in [0.25, 0.3) is 0 Å². The molecule has 2 aliphatic rings. The predicted molar refractivity (Wildman–Crippen MR) is 115 cm³/mol. The molecule has 0 aliphatic carbocycles. The molecule has 6 nitrogen and oxygen atoms in total. The van der Waals surface area contributed by atoms with Gasteiger partial charge in [-0.05, 0) is 43.2 Å². The van der Waals surface area contributed by atoms with E-state index in [4.69, 9.17) is 0 Å². The third-order valence-corrected chi connectivity index (χ3v) is 5.78. The van der Waals surface area contributed by atoms with Crippen LogP contribution in [0.15, 0.2) is 48.5 Å². The van der Waals surface area contributed by atoms with E-state index in [0.29, 0.717) is 12.2 Å². The Hall–Kier alpha value is -2.77. The molecule has 0 radical (unpaired) electrons. The molecule has 0 saturated carbocycles. The second-order valence-electron chi connectivity index (χ2n) is 8.06. The van der Waals surface area contributed by atoms with E-state index in [9.17, 15) is 14.0 Å². The molecule has 30 heavy (non-hydrogen) atoms. The van der Waals surface area contributed by atoms with Crippen LogP contribution in [0, 0.1) is 5.82 Å². The highest BCUT2D eigenvalue weighted by atomic mass is 19.1. The summed E-state index contributed by atoms with van der Waals surface area (Å²) in [6.45, 7) is 5.65. The number of anilines is 2. The molecule has 2 aromatic rings. The van der Waals surface area contributed by atoms with Crippen molar-refractivity contribution in [2.45, 2.75) is 19.4 Å². The molecule has 1 fully saturated rings. The van der Waals surface area contributed by atoms with E-state index in [0.717, 1.165) is 38.3 Å². The first kappa shape index (κ1) is 20.5. The number of carbonyl (C=O) groups excluding carboxylic acids is 2. The van der Waals surface area contributed by atoms with Gasteiger partial charge in [-0.2, -0.15) is 0 Å². The van der Waals surface area contributed by atoms with Crippen LogP contribution in [0.4, 0.5) is 15.8 Å². The summed E-state index contributed by atoms with van der Waals surface area (Å²) in [5.41, 5.74) is 2.72. The summed E-state index contributed by atoms with van der Waals surface area (Å²) < 4.78 is 13.2. The van der Waals surface area contributed by atoms with Crippen LogP contribution in [0.2, 0.25) is 0 Å². The number of para-hydroxylation sites is 1. The first-order valence-corrected chi connectivity index (χ1v) is 10.4. The van der Waals surface area contributed by atoms with E-state index in [1.807, 2.05) is 23.1 Å². The maximum atomic E-state index is 13.2. The van der Waals surface area contributed by atoms with E-state index in [2.05, 4.69) is 28.1 Å². The Morgan fingerprint density at radius 3 is 2.43 bits per heavy atom. The van der Waals surface area contributed by atoms with Gasteiger partial charge >= 0.3 is 0 Å². The molecule has 2 aromatic carbocycles. The molecule has 0 bridgehead atoms. The van der Waals surface area contributed by atoms with Gasteiger partial charge in [0.25, 0.3) is 0 Å². The van der Waals surface area contributed by atoms with Gasteiger partial charge in [0.2, 0.25) is 11.8 Å². The molecule has 1 N–H and O–H groups in total. The lowest BCUT2D eigenvalue weighted by Gasteiger charge is -2.35. The van der Waals surface area contributed by atoms with E-state index in [-0.39, 0.29) is 30.2 Å². The van der Waals surface area contributed by atoms with Crippen molar-refractivity contribution in [2.75, 3.05) is 49.5 Å². The van der Waals surface area contributed by atoms with Crippen molar-refractivity contribution in [1.29, 1.82) is 0 Å². The third kappa shape index (κ3) is 4.68. The molecule has 4 rings (SSSR count). The number of hydrogen-bond acceptors (Lipinski definition) is 4. The van der Waals surface area contributed by atoms with Crippen molar-refractivity contribution in [3.8, 4) is 0 Å². The Labute approximate surface area is 176 Å². The lowest BCUT2D eigenvalue weighted by molar-refractivity contribution is -0.121. The van der Waals surface area contributed by atoms with E-state index < -0.39 is 0 Å². The minimum absolute atomic E-state index is 0.129. The number of rotatable bonds is 5. The highest BCUT2D eigenvalue weighted by Crippen LogP contribution is 2.31. The molecule has 0 unspecified atom stereocenters. The number of hydrogen-bond donors (Lipinski definition) is 1. The SMILES string of the molecule is C[C@H]1Cc2ccccc2N1C(=O)CN1CCN(CC(=O)Nc2cccc(F)c2)CC1. The highest BCUT2D eigenvalue weighted by molar-refractivity contribution is 5.97. The predicted octanol–water partition coefficient (Wildman–Crippen LogP) is 2.36. The maximum absolute atomic E-state index is 13.2.